The molecule has 2 aromatic carbocycles. The van der Waals surface area contributed by atoms with Crippen LogP contribution in [0.3, 0.4) is 0 Å². The molecule has 0 radical (unpaired) electrons. The first kappa shape index (κ1) is 26.6. The number of carbonyl (C=O) groups is 1. The number of carbonyl (C=O) groups excluding carboxylic acids is 1. The summed E-state index contributed by atoms with van der Waals surface area (Å²) in [5, 5.41) is 21.1. The second-order valence-corrected chi connectivity index (χ2v) is 9.82. The predicted molar refractivity (Wildman–Crippen MR) is 132 cm³/mol. The molecule has 39 heavy (non-hydrogen) atoms. The minimum Gasteiger partial charge on any atom is -0.861 e. The number of halogens is 3. The van der Waals surface area contributed by atoms with Gasteiger partial charge in [-0.3, -0.25) is 14.8 Å². The molecule has 2 amide bonds. The van der Waals surface area contributed by atoms with Crippen molar-refractivity contribution in [1.82, 2.24) is 5.27 Å². The molecule has 10 nitrogen and oxygen atoms in total. The van der Waals surface area contributed by atoms with Gasteiger partial charge in [0.25, 0.3) is 6.20 Å². The number of ether oxygens (including phenoxy) is 1. The van der Waals surface area contributed by atoms with Crippen LogP contribution in [0.2, 0.25) is 0 Å². The Morgan fingerprint density at radius 1 is 1.13 bits per heavy atom. The van der Waals surface area contributed by atoms with E-state index in [0.717, 1.165) is 25.0 Å². The molecule has 1 aromatic heterocycles. The normalized spacial score (nSPS) is 23.3. The van der Waals surface area contributed by atoms with Gasteiger partial charge in [-0.15, -0.1) is 0 Å². The van der Waals surface area contributed by atoms with Crippen LogP contribution in [0.15, 0.2) is 64.2 Å². The summed E-state index contributed by atoms with van der Waals surface area (Å²) in [6.45, 7) is 1.17. The van der Waals surface area contributed by atoms with Crippen LogP contribution >= 0.6 is 0 Å². The summed E-state index contributed by atoms with van der Waals surface area (Å²) >= 11 is 0. The Hall–Kier alpha value is -3.97. The van der Waals surface area contributed by atoms with Crippen LogP contribution in [0.25, 0.3) is 0 Å². The van der Waals surface area contributed by atoms with Gasteiger partial charge in [0.05, 0.1) is 24.5 Å². The van der Waals surface area contributed by atoms with Crippen molar-refractivity contribution in [3.63, 3.8) is 0 Å². The van der Waals surface area contributed by atoms with Gasteiger partial charge < -0.3 is 20.9 Å². The fourth-order valence-corrected chi connectivity index (χ4v) is 5.06. The number of amides is 2. The molecule has 5 rings (SSSR count). The van der Waals surface area contributed by atoms with Crippen molar-refractivity contribution in [3.8, 4) is 0 Å². The Labute approximate surface area is 221 Å². The van der Waals surface area contributed by atoms with Crippen molar-refractivity contribution < 1.29 is 37.0 Å². The van der Waals surface area contributed by atoms with Crippen LogP contribution < -0.4 is 26.2 Å². The summed E-state index contributed by atoms with van der Waals surface area (Å²) in [6.07, 6.45) is -1.77. The highest BCUT2D eigenvalue weighted by molar-refractivity contribution is 5.99. The molecule has 0 spiro atoms. The number of fused-ring (bicyclic) bond motifs is 2. The third-order valence-electron chi connectivity index (χ3n) is 6.95. The second kappa shape index (κ2) is 11.0. The minimum absolute atomic E-state index is 0.0127. The van der Waals surface area contributed by atoms with E-state index in [0.29, 0.717) is 18.8 Å². The first-order chi connectivity index (χ1) is 18.6. The van der Waals surface area contributed by atoms with Gasteiger partial charge >= 0.3 is 18.1 Å². The molecule has 206 valence electrons. The lowest BCUT2D eigenvalue weighted by Gasteiger charge is -2.40. The number of aromatic nitrogens is 2. The van der Waals surface area contributed by atoms with E-state index in [4.69, 9.17) is 15.0 Å². The van der Waals surface area contributed by atoms with Crippen molar-refractivity contribution >= 4 is 29.2 Å². The molecule has 2 unspecified atom stereocenters. The highest BCUT2D eigenvalue weighted by Gasteiger charge is 2.44. The van der Waals surface area contributed by atoms with Crippen LogP contribution in [-0.4, -0.2) is 36.5 Å². The Kier molecular flexibility index (Phi) is 7.53. The van der Waals surface area contributed by atoms with Crippen LogP contribution in [0, 0.1) is 11.8 Å². The molecular formula is C26H27F3N6O4. The molecule has 2 heterocycles. The Morgan fingerprint density at radius 3 is 2.54 bits per heavy atom. The summed E-state index contributed by atoms with van der Waals surface area (Å²) in [5.41, 5.74) is 5.47. The van der Waals surface area contributed by atoms with Gasteiger partial charge in [-0.2, -0.15) is 13.2 Å². The molecular weight excluding hydrogens is 517 g/mol. The lowest BCUT2D eigenvalue weighted by atomic mass is 9.74. The fraction of sp³-hybridized carbons (Fsp3) is 0.385. The van der Waals surface area contributed by atoms with Crippen molar-refractivity contribution in [3.05, 3.63) is 65.9 Å². The van der Waals surface area contributed by atoms with Gasteiger partial charge in [-0.25, -0.2) is 4.79 Å². The van der Waals surface area contributed by atoms with Gasteiger partial charge in [-0.1, -0.05) is 30.3 Å². The molecule has 2 fully saturated rings. The van der Waals surface area contributed by atoms with Crippen molar-refractivity contribution in [2.24, 2.45) is 22.6 Å². The van der Waals surface area contributed by atoms with E-state index < -0.39 is 23.7 Å². The highest BCUT2D eigenvalue weighted by Crippen LogP contribution is 2.37. The van der Waals surface area contributed by atoms with Gasteiger partial charge in [0.1, 0.15) is 0 Å². The first-order valence-electron chi connectivity index (χ1n) is 12.4. The standard InChI is InChI=1S/C26H27F3N6O4/c27-26(28,29)18-9-19(31-22(36)6-15-4-2-1-3-5-15)11-20(10-18)32-25(37)33-23-12-35(34-39-23)21-7-16-13-38-14-17(8-21)24(16)30/h1-5,9-12,16-17,21,24H,6-8,13-14,30H2,(H2-,31,32,33,34,36,37). The number of nitrogens with one attached hydrogen (secondary N) is 2. The summed E-state index contributed by atoms with van der Waals surface area (Å²) in [4.78, 5) is 16.4. The molecule has 1 aliphatic heterocycles. The van der Waals surface area contributed by atoms with E-state index in [2.05, 4.69) is 20.9 Å². The van der Waals surface area contributed by atoms with Crippen molar-refractivity contribution in [2.45, 2.75) is 37.5 Å². The topological polar surface area (TPSA) is 142 Å². The molecule has 4 N–H and O–H groups in total. The second-order valence-electron chi connectivity index (χ2n) is 9.82. The lowest BCUT2D eigenvalue weighted by Crippen LogP contribution is -2.56. The van der Waals surface area contributed by atoms with Crippen molar-refractivity contribution in [1.29, 1.82) is 0 Å². The van der Waals surface area contributed by atoms with Gasteiger partial charge in [0.15, 0.2) is 6.04 Å². The van der Waals surface area contributed by atoms with Crippen LogP contribution in [-0.2, 0) is 17.3 Å². The van der Waals surface area contributed by atoms with Gasteiger partial charge in [0, 0.05) is 42.8 Å². The molecule has 1 aliphatic carbocycles. The SMILES string of the molecule is NC1C2COCC1CC([n+]1cc(NC(=O)Nc3cc(N=C([O-])Cc4ccccc4)cc(C(F)(F)F)c3)on1)C2. The number of alkyl halides is 3. The highest BCUT2D eigenvalue weighted by atomic mass is 19.4. The number of urea groups is 1. The Bertz CT molecular complexity index is 1330. The number of hydrogen-bond acceptors (Lipinski definition) is 7. The smallest absolute Gasteiger partial charge is 0.416 e. The van der Waals surface area contributed by atoms with Crippen molar-refractivity contribution in [2.75, 3.05) is 23.8 Å². The number of hydrogen-bond donors (Lipinski definition) is 3. The van der Waals surface area contributed by atoms with E-state index in [1.807, 2.05) is 0 Å². The van der Waals surface area contributed by atoms with E-state index >= 15 is 0 Å². The average molecular weight is 545 g/mol. The monoisotopic (exact) mass is 544 g/mol. The summed E-state index contributed by atoms with van der Waals surface area (Å²) in [6, 6.07) is 10.6. The quantitative estimate of drug-likeness (QED) is 0.247. The first-order valence-corrected chi connectivity index (χ1v) is 12.4. The third-order valence-corrected chi connectivity index (χ3v) is 6.95. The molecule has 2 bridgehead atoms. The summed E-state index contributed by atoms with van der Waals surface area (Å²) in [7, 11) is 0. The summed E-state index contributed by atoms with van der Waals surface area (Å²) in [5.74, 6) is -0.210. The van der Waals surface area contributed by atoms with Gasteiger partial charge in [-0.05, 0) is 34.3 Å². The van der Waals surface area contributed by atoms with E-state index in [-0.39, 0.29) is 47.6 Å². The van der Waals surface area contributed by atoms with Crippen LogP contribution in [0.5, 0.6) is 0 Å². The molecule has 2 atom stereocenters. The van der Waals surface area contributed by atoms with E-state index in [1.165, 1.54) is 12.3 Å². The zero-order valence-corrected chi connectivity index (χ0v) is 20.7. The molecule has 13 heteroatoms. The number of nitrogens with two attached hydrogens (primary N) is 1. The van der Waals surface area contributed by atoms with E-state index in [9.17, 15) is 23.1 Å². The Balaban J connectivity index is 1.27. The van der Waals surface area contributed by atoms with Gasteiger partial charge in [0.2, 0.25) is 5.27 Å². The Morgan fingerprint density at radius 2 is 1.85 bits per heavy atom. The summed E-state index contributed by atoms with van der Waals surface area (Å²) < 4.78 is 53.0. The number of nitrogens with zero attached hydrogens (tertiary/aromatic N) is 3. The molecule has 3 aromatic rings. The zero-order valence-electron chi connectivity index (χ0n) is 20.7. The number of anilines is 2. The van der Waals surface area contributed by atoms with Crippen LogP contribution in [0.4, 0.5) is 35.2 Å². The predicted octanol–water partition coefficient (Wildman–Crippen LogP) is 3.18. The minimum atomic E-state index is -4.72. The van der Waals surface area contributed by atoms with E-state index in [1.54, 1.807) is 35.0 Å². The zero-order chi connectivity index (χ0) is 27.6. The maximum Gasteiger partial charge on any atom is 0.416 e. The maximum absolute atomic E-state index is 13.5. The molecule has 1 saturated heterocycles. The average Bonchev–Trinajstić information content (AvgIpc) is 3.32. The fourth-order valence-electron chi connectivity index (χ4n) is 5.06. The molecule has 2 aliphatic rings. The maximum atomic E-state index is 13.5. The molecule has 1 saturated carbocycles. The number of benzene rings is 2. The number of aliphatic imine (C=N–C) groups is 1. The lowest BCUT2D eigenvalue weighted by molar-refractivity contribution is -0.789. The number of rotatable bonds is 6. The van der Waals surface area contributed by atoms with Crippen LogP contribution in [0.1, 0.15) is 30.0 Å². The largest absolute Gasteiger partial charge is 0.861 e. The third kappa shape index (κ3) is 6.55.